The molecule has 0 bridgehead atoms. The molecule has 1 aliphatic carbocycles. The second-order valence-electron chi connectivity index (χ2n) is 8.49. The molecule has 2 unspecified atom stereocenters. The van der Waals surface area contributed by atoms with Gasteiger partial charge in [-0.2, -0.15) is 0 Å². The number of carbonyl (C=O) groups is 1. The minimum absolute atomic E-state index is 0.00853. The molecule has 0 spiro atoms. The van der Waals surface area contributed by atoms with Gasteiger partial charge in [-0.3, -0.25) is 0 Å². The number of carboxylic acid groups (broad SMARTS) is 1. The molecule has 1 N–H and O–H groups in total. The molecule has 1 saturated carbocycles. The Kier molecular flexibility index (Phi) is 5.00. The number of carbonyl (C=O) groups excluding carboxylic acids is 1. The predicted molar refractivity (Wildman–Crippen MR) is 106 cm³/mol. The van der Waals surface area contributed by atoms with Gasteiger partial charge in [-0.25, -0.2) is 4.98 Å². The Bertz CT molecular complexity index is 861. The smallest absolute Gasteiger partial charge is 0.129 e. The molecule has 2 atom stereocenters. The number of aryl methyl sites for hydroxylation is 1. The average molecular weight is 379 g/mol. The minimum Gasteiger partial charge on any atom is -0.550 e. The molecular weight excluding hydrogens is 352 g/mol. The van der Waals surface area contributed by atoms with E-state index >= 15 is 0 Å². The molecule has 5 nitrogen and oxygen atoms in total. The summed E-state index contributed by atoms with van der Waals surface area (Å²) in [5.74, 6) is 1.30. The van der Waals surface area contributed by atoms with E-state index in [1.807, 2.05) is 12.1 Å². The van der Waals surface area contributed by atoms with Crippen molar-refractivity contribution in [2.24, 2.45) is 11.3 Å². The lowest BCUT2D eigenvalue weighted by Crippen LogP contribution is -2.23. The fourth-order valence-corrected chi connectivity index (χ4v) is 4.52. The monoisotopic (exact) mass is 379 g/mol. The standard InChI is InChI=1S/C23H28N2O3/c1-23(2)19(14-20(26)27)21(23)15-6-9-18(10-7-15)28-13-11-17-8-5-16-4-3-12-24-22(16)25-17/h5-10,19,21H,3-4,11-14H2,1-2H3,(H,24,25)(H,26,27)/p-1. The summed E-state index contributed by atoms with van der Waals surface area (Å²) in [4.78, 5) is 15.6. The number of hydrogen-bond donors (Lipinski definition) is 1. The number of pyridine rings is 1. The second-order valence-corrected chi connectivity index (χ2v) is 8.49. The van der Waals surface area contributed by atoms with E-state index in [4.69, 9.17) is 9.72 Å². The zero-order chi connectivity index (χ0) is 19.7. The molecule has 0 radical (unpaired) electrons. The molecule has 2 aliphatic rings. The van der Waals surface area contributed by atoms with Crippen LogP contribution in [0.4, 0.5) is 5.82 Å². The van der Waals surface area contributed by atoms with Gasteiger partial charge in [-0.1, -0.05) is 32.0 Å². The quantitative estimate of drug-likeness (QED) is 0.801. The third kappa shape index (κ3) is 3.84. The van der Waals surface area contributed by atoms with E-state index in [1.54, 1.807) is 0 Å². The number of fused-ring (bicyclic) bond motifs is 1. The van der Waals surface area contributed by atoms with Crippen molar-refractivity contribution >= 4 is 11.8 Å². The molecule has 1 aromatic heterocycles. The molecule has 28 heavy (non-hydrogen) atoms. The summed E-state index contributed by atoms with van der Waals surface area (Å²) in [7, 11) is 0. The molecule has 1 fully saturated rings. The van der Waals surface area contributed by atoms with Crippen molar-refractivity contribution in [1.29, 1.82) is 0 Å². The van der Waals surface area contributed by atoms with E-state index in [0.29, 0.717) is 6.61 Å². The number of hydrogen-bond acceptors (Lipinski definition) is 5. The van der Waals surface area contributed by atoms with Crippen molar-refractivity contribution in [3.63, 3.8) is 0 Å². The number of aromatic nitrogens is 1. The largest absolute Gasteiger partial charge is 0.550 e. The maximum absolute atomic E-state index is 10.9. The first-order chi connectivity index (χ1) is 13.4. The van der Waals surface area contributed by atoms with Crippen molar-refractivity contribution in [2.45, 2.75) is 45.4 Å². The Labute approximate surface area is 166 Å². The predicted octanol–water partition coefficient (Wildman–Crippen LogP) is 2.94. The van der Waals surface area contributed by atoms with E-state index in [2.05, 4.69) is 43.4 Å². The summed E-state index contributed by atoms with van der Waals surface area (Å²) < 4.78 is 5.89. The van der Waals surface area contributed by atoms with Crippen LogP contribution in [-0.4, -0.2) is 24.1 Å². The third-order valence-electron chi connectivity index (χ3n) is 6.26. The van der Waals surface area contributed by atoms with Gasteiger partial charge < -0.3 is 20.0 Å². The fourth-order valence-electron chi connectivity index (χ4n) is 4.52. The normalized spacial score (nSPS) is 22.1. The van der Waals surface area contributed by atoms with E-state index in [0.717, 1.165) is 36.6 Å². The van der Waals surface area contributed by atoms with Crippen LogP contribution in [0.25, 0.3) is 0 Å². The van der Waals surface area contributed by atoms with Crippen molar-refractivity contribution in [3.8, 4) is 5.75 Å². The van der Waals surface area contributed by atoms with Crippen LogP contribution in [0.2, 0.25) is 0 Å². The molecule has 5 heteroatoms. The number of nitrogens with one attached hydrogen (secondary N) is 1. The van der Waals surface area contributed by atoms with Crippen LogP contribution in [0.3, 0.4) is 0 Å². The molecule has 2 aromatic rings. The van der Waals surface area contributed by atoms with Gasteiger partial charge >= 0.3 is 0 Å². The lowest BCUT2D eigenvalue weighted by molar-refractivity contribution is -0.306. The van der Waals surface area contributed by atoms with Gasteiger partial charge in [0.2, 0.25) is 0 Å². The average Bonchev–Trinajstić information content (AvgIpc) is 3.21. The number of benzene rings is 1. The Morgan fingerprint density at radius 3 is 2.79 bits per heavy atom. The van der Waals surface area contributed by atoms with Crippen LogP contribution in [0.1, 0.15) is 49.4 Å². The Morgan fingerprint density at radius 1 is 1.25 bits per heavy atom. The molecule has 0 amide bonds. The molecule has 148 valence electrons. The van der Waals surface area contributed by atoms with Gasteiger partial charge in [-0.05, 0) is 65.8 Å². The first-order valence-corrected chi connectivity index (χ1v) is 10.1. The number of carboxylic acids is 1. The summed E-state index contributed by atoms with van der Waals surface area (Å²) in [6, 6.07) is 12.3. The Morgan fingerprint density at radius 2 is 2.04 bits per heavy atom. The summed E-state index contributed by atoms with van der Waals surface area (Å²) in [5.41, 5.74) is 3.52. The number of rotatable bonds is 7. The van der Waals surface area contributed by atoms with Gasteiger partial charge in [0.25, 0.3) is 0 Å². The van der Waals surface area contributed by atoms with E-state index < -0.39 is 5.97 Å². The third-order valence-corrected chi connectivity index (χ3v) is 6.26. The lowest BCUT2D eigenvalue weighted by atomic mass is 10.0. The molecular formula is C23H27N2O3-. The number of aliphatic carboxylic acids is 1. The van der Waals surface area contributed by atoms with E-state index in [9.17, 15) is 9.90 Å². The SMILES string of the molecule is CC1(C)C(CC(=O)[O-])C1c1ccc(OCCc2ccc3c(n2)NCCC3)cc1. The van der Waals surface area contributed by atoms with Crippen LogP contribution in [0, 0.1) is 11.3 Å². The minimum atomic E-state index is -0.966. The maximum atomic E-state index is 10.9. The Hall–Kier alpha value is -2.56. The van der Waals surface area contributed by atoms with Crippen molar-refractivity contribution in [2.75, 3.05) is 18.5 Å². The zero-order valence-electron chi connectivity index (χ0n) is 16.5. The highest BCUT2D eigenvalue weighted by Crippen LogP contribution is 2.65. The fraction of sp³-hybridized carbons (Fsp3) is 0.478. The second kappa shape index (κ2) is 7.46. The maximum Gasteiger partial charge on any atom is 0.129 e. The highest BCUT2D eigenvalue weighted by molar-refractivity contribution is 5.66. The molecule has 4 rings (SSSR count). The van der Waals surface area contributed by atoms with Crippen LogP contribution in [0.5, 0.6) is 5.75 Å². The summed E-state index contributed by atoms with van der Waals surface area (Å²) in [6.45, 7) is 5.81. The van der Waals surface area contributed by atoms with Crippen LogP contribution in [0.15, 0.2) is 36.4 Å². The van der Waals surface area contributed by atoms with Crippen molar-refractivity contribution in [1.82, 2.24) is 4.98 Å². The van der Waals surface area contributed by atoms with Gasteiger partial charge in [0.05, 0.1) is 6.61 Å². The number of anilines is 1. The highest BCUT2D eigenvalue weighted by atomic mass is 16.5. The zero-order valence-corrected chi connectivity index (χ0v) is 16.5. The van der Waals surface area contributed by atoms with Crippen molar-refractivity contribution < 1.29 is 14.6 Å². The van der Waals surface area contributed by atoms with Crippen molar-refractivity contribution in [3.05, 3.63) is 53.2 Å². The summed E-state index contributed by atoms with van der Waals surface area (Å²) in [5, 5.41) is 14.3. The molecule has 1 aromatic carbocycles. The van der Waals surface area contributed by atoms with Gasteiger partial charge in [-0.15, -0.1) is 0 Å². The molecule has 1 aliphatic heterocycles. The highest BCUT2D eigenvalue weighted by Gasteiger charge is 2.57. The Balaban J connectivity index is 1.31. The van der Waals surface area contributed by atoms with Crippen LogP contribution in [-0.2, 0) is 17.6 Å². The first kappa shape index (κ1) is 18.8. The lowest BCUT2D eigenvalue weighted by Gasteiger charge is -2.17. The topological polar surface area (TPSA) is 74.3 Å². The van der Waals surface area contributed by atoms with Gasteiger partial charge in [0.15, 0.2) is 0 Å². The van der Waals surface area contributed by atoms with Gasteiger partial charge in [0, 0.05) is 24.6 Å². The summed E-state index contributed by atoms with van der Waals surface area (Å²) >= 11 is 0. The summed E-state index contributed by atoms with van der Waals surface area (Å²) in [6.07, 6.45) is 3.15. The van der Waals surface area contributed by atoms with E-state index in [1.165, 1.54) is 17.5 Å². The number of ether oxygens (including phenoxy) is 1. The first-order valence-electron chi connectivity index (χ1n) is 10.1. The van der Waals surface area contributed by atoms with Crippen LogP contribution < -0.4 is 15.2 Å². The van der Waals surface area contributed by atoms with Gasteiger partial charge in [0.1, 0.15) is 11.6 Å². The van der Waals surface area contributed by atoms with Crippen LogP contribution >= 0.6 is 0 Å². The van der Waals surface area contributed by atoms with E-state index in [-0.39, 0.29) is 23.7 Å². The number of nitrogens with zero attached hydrogens (tertiary/aromatic N) is 1. The molecule has 0 saturated heterocycles. The molecule has 2 heterocycles.